The van der Waals surface area contributed by atoms with E-state index in [1.807, 2.05) is 0 Å². The maximum absolute atomic E-state index is 10.5. The van der Waals surface area contributed by atoms with Crippen LogP contribution in [0.15, 0.2) is 33.9 Å². The van der Waals surface area contributed by atoms with Crippen molar-refractivity contribution in [3.8, 4) is 0 Å². The molecule has 0 aliphatic heterocycles. The molecule has 1 aromatic heterocycles. The molecular weight excluding hydrogens is 194 g/mol. The zero-order valence-corrected chi connectivity index (χ0v) is 7.11. The predicted octanol–water partition coefficient (Wildman–Crippen LogP) is 0.732. The van der Waals surface area contributed by atoms with E-state index in [1.165, 1.54) is 6.07 Å². The molecule has 0 N–H and O–H groups in total. The number of hydrogen-bond donors (Lipinski definition) is 0. The molecule has 0 radical (unpaired) electrons. The third-order valence-corrected chi connectivity index (χ3v) is 2.09. The van der Waals surface area contributed by atoms with Crippen LogP contribution >= 0.6 is 0 Å². The lowest BCUT2D eigenvalue weighted by atomic mass is 10.3. The fraction of sp³-hybridized carbons (Fsp3) is 0. The van der Waals surface area contributed by atoms with Gasteiger partial charge in [0.05, 0.1) is 0 Å². The molecule has 0 aliphatic rings. The first-order valence-electron chi connectivity index (χ1n) is 3.39. The summed E-state index contributed by atoms with van der Waals surface area (Å²) in [5.74, 6) is 0. The van der Waals surface area contributed by atoms with Gasteiger partial charge < -0.3 is 8.97 Å². The van der Waals surface area contributed by atoms with Gasteiger partial charge in [0, 0.05) is 0 Å². The van der Waals surface area contributed by atoms with Crippen molar-refractivity contribution in [1.82, 2.24) is 4.98 Å². The average Bonchev–Trinajstić information content (AvgIpc) is 2.45. The summed E-state index contributed by atoms with van der Waals surface area (Å²) in [6.07, 6.45) is 0. The number of hydrogen-bond acceptors (Lipinski definition) is 5. The Kier molecular flexibility index (Phi) is 1.61. The van der Waals surface area contributed by atoms with Crippen molar-refractivity contribution in [2.75, 3.05) is 0 Å². The highest BCUT2D eigenvalue weighted by molar-refractivity contribution is 7.85. The highest BCUT2D eigenvalue weighted by Gasteiger charge is 2.10. The normalized spacial score (nSPS) is 12.1. The fourth-order valence-electron chi connectivity index (χ4n) is 0.958. The van der Waals surface area contributed by atoms with Gasteiger partial charge in [-0.15, -0.1) is 0 Å². The Bertz CT molecular complexity index is 509. The van der Waals surface area contributed by atoms with Crippen LogP contribution in [0.25, 0.3) is 11.1 Å². The van der Waals surface area contributed by atoms with Crippen LogP contribution in [0.4, 0.5) is 0 Å². The van der Waals surface area contributed by atoms with Crippen molar-refractivity contribution >= 4 is 21.2 Å². The first-order valence-corrected chi connectivity index (χ1v) is 4.80. The molecule has 0 unspecified atom stereocenters. The first-order chi connectivity index (χ1) is 6.07. The molecule has 0 spiro atoms. The molecule has 0 saturated carbocycles. The number of oxazole rings is 1. The molecular formula is C7H4NO4S-. The van der Waals surface area contributed by atoms with E-state index in [4.69, 9.17) is 4.42 Å². The smallest absolute Gasteiger partial charge is 0.303 e. The Labute approximate surface area is 73.8 Å². The van der Waals surface area contributed by atoms with E-state index in [0.717, 1.165) is 0 Å². The van der Waals surface area contributed by atoms with E-state index in [1.54, 1.807) is 18.2 Å². The summed E-state index contributed by atoms with van der Waals surface area (Å²) in [5.41, 5.74) is 0.647. The molecule has 0 atom stereocenters. The molecule has 2 rings (SSSR count). The molecule has 5 nitrogen and oxygen atoms in total. The Balaban J connectivity index is 2.77. The number of nitrogens with zero attached hydrogens (tertiary/aromatic N) is 1. The third-order valence-electron chi connectivity index (χ3n) is 1.49. The van der Waals surface area contributed by atoms with Crippen molar-refractivity contribution in [3.05, 3.63) is 24.3 Å². The largest absolute Gasteiger partial charge is 0.740 e. The van der Waals surface area contributed by atoms with Crippen LogP contribution in [0.2, 0.25) is 0 Å². The highest BCUT2D eigenvalue weighted by atomic mass is 32.2. The van der Waals surface area contributed by atoms with Gasteiger partial charge in [-0.25, -0.2) is 13.4 Å². The standard InChI is InChI=1S/C7H5NO4S/c9-13(10,11)7-8-5-3-1-2-4-6(5)12-7/h1-4H,(H,9,10,11)/p-1. The lowest BCUT2D eigenvalue weighted by Crippen LogP contribution is -1.97. The van der Waals surface area contributed by atoms with Gasteiger partial charge in [-0.1, -0.05) is 12.1 Å². The Hall–Kier alpha value is -1.40. The van der Waals surface area contributed by atoms with Crippen molar-refractivity contribution in [2.45, 2.75) is 5.22 Å². The van der Waals surface area contributed by atoms with Crippen molar-refractivity contribution < 1.29 is 17.4 Å². The van der Waals surface area contributed by atoms with Crippen LogP contribution in [-0.4, -0.2) is 18.0 Å². The Morgan fingerprint density at radius 1 is 1.31 bits per heavy atom. The van der Waals surface area contributed by atoms with Gasteiger partial charge >= 0.3 is 5.22 Å². The van der Waals surface area contributed by atoms with E-state index in [2.05, 4.69) is 4.98 Å². The molecule has 13 heavy (non-hydrogen) atoms. The van der Waals surface area contributed by atoms with Crippen LogP contribution < -0.4 is 0 Å². The topological polar surface area (TPSA) is 83.2 Å². The first kappa shape index (κ1) is 8.21. The average molecular weight is 198 g/mol. The van der Waals surface area contributed by atoms with Gasteiger partial charge in [-0.2, -0.15) is 0 Å². The SMILES string of the molecule is O=S(=O)([O-])c1nc2ccccc2o1. The van der Waals surface area contributed by atoms with Crippen LogP contribution in [0.1, 0.15) is 0 Å². The number of fused-ring (bicyclic) bond motifs is 1. The van der Waals surface area contributed by atoms with E-state index >= 15 is 0 Å². The summed E-state index contributed by atoms with van der Waals surface area (Å²) in [6.45, 7) is 0. The van der Waals surface area contributed by atoms with Gasteiger partial charge in [0.2, 0.25) is 0 Å². The minimum absolute atomic E-state index is 0.289. The quantitative estimate of drug-likeness (QED) is 0.631. The van der Waals surface area contributed by atoms with Crippen molar-refractivity contribution in [3.63, 3.8) is 0 Å². The van der Waals surface area contributed by atoms with Crippen LogP contribution in [0.5, 0.6) is 0 Å². The Morgan fingerprint density at radius 2 is 2.00 bits per heavy atom. The number of aromatic nitrogens is 1. The number of rotatable bonds is 1. The monoisotopic (exact) mass is 198 g/mol. The van der Waals surface area contributed by atoms with Crippen LogP contribution in [0.3, 0.4) is 0 Å². The molecule has 0 saturated heterocycles. The molecule has 0 fully saturated rings. The molecule has 0 aliphatic carbocycles. The van der Waals surface area contributed by atoms with E-state index in [9.17, 15) is 13.0 Å². The predicted molar refractivity (Wildman–Crippen MR) is 42.0 cm³/mol. The maximum atomic E-state index is 10.5. The molecule has 6 heteroatoms. The summed E-state index contributed by atoms with van der Waals surface area (Å²) in [7, 11) is -4.59. The maximum Gasteiger partial charge on any atom is 0.303 e. The third kappa shape index (κ3) is 1.41. The summed E-state index contributed by atoms with van der Waals surface area (Å²) in [5, 5.41) is -0.784. The van der Waals surface area contributed by atoms with Gasteiger partial charge in [-0.3, -0.25) is 0 Å². The lowest BCUT2D eigenvalue weighted by Gasteiger charge is -1.97. The Morgan fingerprint density at radius 3 is 2.62 bits per heavy atom. The number of benzene rings is 1. The molecule has 1 heterocycles. The second-order valence-electron chi connectivity index (χ2n) is 2.40. The zero-order valence-electron chi connectivity index (χ0n) is 6.30. The highest BCUT2D eigenvalue weighted by Crippen LogP contribution is 2.17. The van der Waals surface area contributed by atoms with Gasteiger partial charge in [0.25, 0.3) is 0 Å². The zero-order chi connectivity index (χ0) is 9.47. The minimum Gasteiger partial charge on any atom is -0.740 e. The van der Waals surface area contributed by atoms with Gasteiger partial charge in [0.1, 0.15) is 5.52 Å². The summed E-state index contributed by atoms with van der Waals surface area (Å²) >= 11 is 0. The summed E-state index contributed by atoms with van der Waals surface area (Å²) in [6, 6.07) is 6.44. The molecule has 0 bridgehead atoms. The molecule has 1 aromatic carbocycles. The lowest BCUT2D eigenvalue weighted by molar-refractivity contribution is 0.397. The van der Waals surface area contributed by atoms with Gasteiger partial charge in [0.15, 0.2) is 15.7 Å². The second-order valence-corrected chi connectivity index (χ2v) is 3.66. The van der Waals surface area contributed by atoms with E-state index < -0.39 is 15.3 Å². The minimum atomic E-state index is -4.59. The summed E-state index contributed by atoms with van der Waals surface area (Å²) < 4.78 is 36.2. The van der Waals surface area contributed by atoms with Crippen LogP contribution in [0, 0.1) is 0 Å². The fourth-order valence-corrected chi connectivity index (χ4v) is 1.36. The second kappa shape index (κ2) is 2.54. The van der Waals surface area contributed by atoms with Crippen molar-refractivity contribution in [2.24, 2.45) is 0 Å². The molecule has 0 amide bonds. The number of para-hydroxylation sites is 2. The molecule has 2 aromatic rings. The van der Waals surface area contributed by atoms with Gasteiger partial charge in [-0.05, 0) is 12.1 Å². The van der Waals surface area contributed by atoms with E-state index in [0.29, 0.717) is 5.52 Å². The van der Waals surface area contributed by atoms with Crippen molar-refractivity contribution in [1.29, 1.82) is 0 Å². The van der Waals surface area contributed by atoms with E-state index in [-0.39, 0.29) is 5.58 Å². The molecule has 68 valence electrons. The van der Waals surface area contributed by atoms with Crippen LogP contribution in [-0.2, 0) is 10.1 Å². The summed E-state index contributed by atoms with van der Waals surface area (Å²) in [4.78, 5) is 3.52.